The van der Waals surface area contributed by atoms with Gasteiger partial charge in [0.05, 0.1) is 23.7 Å². The maximum absolute atomic E-state index is 10.1. The molecule has 0 spiro atoms. The molecule has 2 aliphatic heterocycles. The van der Waals surface area contributed by atoms with E-state index < -0.39 is 66.6 Å². The van der Waals surface area contributed by atoms with Crippen molar-refractivity contribution in [1.82, 2.24) is 0 Å². The SMILES string of the molecule is O.O.O.O.O.OC[C@H]1O[C@H](O[C@]2(CCl)O[C@H](CCl)[C@@H](O)[C@@H]2O)[C@H](O)[C@@H](O)[C@H]1Cl. The zero-order valence-corrected chi connectivity index (χ0v) is 16.6. The molecule has 2 heterocycles. The van der Waals surface area contributed by atoms with Crippen molar-refractivity contribution >= 4 is 34.8 Å². The van der Waals surface area contributed by atoms with E-state index in [-0.39, 0.29) is 33.3 Å². The second-order valence-corrected chi connectivity index (χ2v) is 6.54. The molecule has 0 amide bonds. The van der Waals surface area contributed by atoms with Gasteiger partial charge in [-0.15, -0.1) is 34.8 Å². The fourth-order valence-corrected chi connectivity index (χ4v) is 3.37. The van der Waals surface area contributed by atoms with Crippen LogP contribution in [0.2, 0.25) is 0 Å². The van der Waals surface area contributed by atoms with E-state index in [2.05, 4.69) is 0 Å². The first-order valence-electron chi connectivity index (χ1n) is 6.91. The Labute approximate surface area is 174 Å². The van der Waals surface area contributed by atoms with Crippen LogP contribution >= 0.6 is 34.8 Å². The minimum atomic E-state index is -1.90. The average Bonchev–Trinajstić information content (AvgIpc) is 2.80. The molecule has 16 heteroatoms. The summed E-state index contributed by atoms with van der Waals surface area (Å²) in [6.07, 6.45) is -9.39. The number of hydrogen-bond donors (Lipinski definition) is 5. The molecule has 0 radical (unpaired) electrons. The van der Waals surface area contributed by atoms with Gasteiger partial charge in [-0.2, -0.15) is 0 Å². The van der Waals surface area contributed by atoms with Crippen molar-refractivity contribution in [3.63, 3.8) is 0 Å². The molecule has 2 saturated heterocycles. The molecule has 176 valence electrons. The van der Waals surface area contributed by atoms with Crippen LogP contribution in [0.1, 0.15) is 0 Å². The van der Waals surface area contributed by atoms with Crippen molar-refractivity contribution in [2.45, 2.75) is 54.1 Å². The summed E-state index contributed by atoms with van der Waals surface area (Å²) in [6.45, 7) is -0.526. The first kappa shape index (κ1) is 35.8. The molecule has 0 saturated carbocycles. The molecule has 2 aliphatic rings. The van der Waals surface area contributed by atoms with E-state index in [1.54, 1.807) is 0 Å². The van der Waals surface area contributed by atoms with Gasteiger partial charge in [0.15, 0.2) is 6.29 Å². The lowest BCUT2D eigenvalue weighted by Gasteiger charge is -2.43. The lowest BCUT2D eigenvalue weighted by Crippen LogP contribution is -2.61. The lowest BCUT2D eigenvalue weighted by molar-refractivity contribution is -0.357. The molecule has 0 bridgehead atoms. The number of alkyl halides is 3. The van der Waals surface area contributed by atoms with Crippen molar-refractivity contribution in [3.8, 4) is 0 Å². The van der Waals surface area contributed by atoms with E-state index in [1.165, 1.54) is 0 Å². The van der Waals surface area contributed by atoms with E-state index in [0.717, 1.165) is 0 Å². The van der Waals surface area contributed by atoms with E-state index in [9.17, 15) is 25.5 Å². The molecule has 0 aromatic heterocycles. The zero-order valence-electron chi connectivity index (χ0n) is 14.3. The number of hydrogen-bond acceptors (Lipinski definition) is 8. The third kappa shape index (κ3) is 6.42. The molecular formula is C12H29Cl3O13. The minimum Gasteiger partial charge on any atom is -0.412 e. The van der Waals surface area contributed by atoms with Crippen LogP contribution in [0.3, 0.4) is 0 Å². The van der Waals surface area contributed by atoms with E-state index in [1.807, 2.05) is 0 Å². The Morgan fingerprint density at radius 1 is 0.857 bits per heavy atom. The molecule has 28 heavy (non-hydrogen) atoms. The fraction of sp³-hybridized carbons (Fsp3) is 1.00. The first-order valence-corrected chi connectivity index (χ1v) is 8.42. The quantitative estimate of drug-likeness (QED) is 0.232. The van der Waals surface area contributed by atoms with Crippen LogP contribution in [0.15, 0.2) is 0 Å². The number of rotatable bonds is 5. The standard InChI is InChI=1S/C12H19Cl3O8.5H2O/c13-1-4-7(17)10(20)12(3-14,22-4)23-11-9(19)8(18)6(15)5(2-16)21-11;;;;;/h4-11,16-20H,1-3H2;5*1H2/t4-,5-,6+,7-,8+,9-,10+,11-,12+;;;;;/m1...../s1. The van der Waals surface area contributed by atoms with Gasteiger partial charge in [0.25, 0.3) is 0 Å². The second kappa shape index (κ2) is 14.4. The van der Waals surface area contributed by atoms with Crippen LogP contribution in [-0.4, -0.2) is 125 Å². The van der Waals surface area contributed by atoms with Crippen molar-refractivity contribution in [1.29, 1.82) is 0 Å². The summed E-state index contributed by atoms with van der Waals surface area (Å²) in [6, 6.07) is 0. The van der Waals surface area contributed by atoms with Crippen LogP contribution in [0.4, 0.5) is 0 Å². The largest absolute Gasteiger partial charge is 0.412 e. The molecule has 0 aliphatic carbocycles. The third-order valence-corrected chi connectivity index (χ3v) is 5.17. The van der Waals surface area contributed by atoms with Gasteiger partial charge >= 0.3 is 0 Å². The number of aliphatic hydroxyl groups excluding tert-OH is 5. The van der Waals surface area contributed by atoms with Crippen molar-refractivity contribution in [3.05, 3.63) is 0 Å². The Balaban J connectivity index is -0.000000576. The van der Waals surface area contributed by atoms with Crippen molar-refractivity contribution in [2.75, 3.05) is 18.4 Å². The lowest BCUT2D eigenvalue weighted by atomic mass is 10.0. The first-order chi connectivity index (χ1) is 10.8. The summed E-state index contributed by atoms with van der Waals surface area (Å²) in [4.78, 5) is 0. The van der Waals surface area contributed by atoms with Gasteiger partial charge in [0.2, 0.25) is 5.79 Å². The maximum Gasteiger partial charge on any atom is 0.214 e. The van der Waals surface area contributed by atoms with Gasteiger partial charge in [0, 0.05) is 0 Å². The zero-order chi connectivity index (χ0) is 17.4. The summed E-state index contributed by atoms with van der Waals surface area (Å²) < 4.78 is 16.1. The highest BCUT2D eigenvalue weighted by Gasteiger charge is 2.58. The second-order valence-electron chi connectivity index (χ2n) is 5.46. The molecule has 0 unspecified atom stereocenters. The van der Waals surface area contributed by atoms with E-state index in [4.69, 9.17) is 49.0 Å². The molecule has 0 aromatic rings. The predicted octanol–water partition coefficient (Wildman–Crippen LogP) is -5.78. The molecule has 2 fully saturated rings. The van der Waals surface area contributed by atoms with Gasteiger partial charge in [0.1, 0.15) is 36.6 Å². The third-order valence-electron chi connectivity index (χ3n) is 3.96. The number of aliphatic hydroxyl groups is 5. The highest BCUT2D eigenvalue weighted by molar-refractivity contribution is 6.21. The van der Waals surface area contributed by atoms with Gasteiger partial charge in [-0.25, -0.2) is 0 Å². The van der Waals surface area contributed by atoms with Gasteiger partial charge in [-0.05, 0) is 0 Å². The van der Waals surface area contributed by atoms with Crippen LogP contribution < -0.4 is 0 Å². The Morgan fingerprint density at radius 3 is 1.79 bits per heavy atom. The molecule has 9 atom stereocenters. The van der Waals surface area contributed by atoms with Crippen LogP contribution in [0, 0.1) is 0 Å². The summed E-state index contributed by atoms with van der Waals surface area (Å²) in [5.74, 6) is -2.43. The highest BCUT2D eigenvalue weighted by atomic mass is 35.5. The van der Waals surface area contributed by atoms with Gasteiger partial charge < -0.3 is 67.1 Å². The normalized spacial score (nSPS) is 42.0. The molecular weight excluding hydrogens is 458 g/mol. The molecule has 2 rings (SSSR count). The summed E-state index contributed by atoms with van der Waals surface area (Å²) in [7, 11) is 0. The fourth-order valence-electron chi connectivity index (χ4n) is 2.56. The van der Waals surface area contributed by atoms with Crippen LogP contribution in [0.25, 0.3) is 0 Å². The number of ether oxygens (including phenoxy) is 3. The van der Waals surface area contributed by atoms with Gasteiger partial charge in [-0.3, -0.25) is 0 Å². The Morgan fingerprint density at radius 2 is 1.39 bits per heavy atom. The monoisotopic (exact) mass is 486 g/mol. The van der Waals surface area contributed by atoms with Crippen molar-refractivity contribution in [2.24, 2.45) is 0 Å². The molecule has 13 nitrogen and oxygen atoms in total. The summed E-state index contributed by atoms with van der Waals surface area (Å²) in [5.41, 5.74) is 0. The average molecular weight is 488 g/mol. The van der Waals surface area contributed by atoms with Crippen LogP contribution in [-0.2, 0) is 14.2 Å². The Hall–Kier alpha value is 0.350. The maximum atomic E-state index is 10.1. The van der Waals surface area contributed by atoms with Gasteiger partial charge in [-0.1, -0.05) is 0 Å². The summed E-state index contributed by atoms with van der Waals surface area (Å²) in [5, 5.41) is 48.1. The minimum absolute atomic E-state index is 0. The van der Waals surface area contributed by atoms with E-state index >= 15 is 0 Å². The smallest absolute Gasteiger partial charge is 0.214 e. The Bertz CT molecular complexity index is 409. The summed E-state index contributed by atoms with van der Waals surface area (Å²) >= 11 is 17.3. The highest BCUT2D eigenvalue weighted by Crippen LogP contribution is 2.37. The van der Waals surface area contributed by atoms with E-state index in [0.29, 0.717) is 0 Å². The van der Waals surface area contributed by atoms with Crippen molar-refractivity contribution < 1.29 is 67.1 Å². The topological polar surface area (TPSA) is 286 Å². The molecule has 15 N–H and O–H groups in total. The Kier molecular flexibility index (Phi) is 18.4. The number of halogens is 3. The molecule has 0 aromatic carbocycles. The predicted molar refractivity (Wildman–Crippen MR) is 97.6 cm³/mol. The van der Waals surface area contributed by atoms with Crippen LogP contribution in [0.5, 0.6) is 0 Å².